The van der Waals surface area contributed by atoms with Crippen molar-refractivity contribution in [2.45, 2.75) is 26.3 Å². The second-order valence-corrected chi connectivity index (χ2v) is 5.19. The third-order valence-electron chi connectivity index (χ3n) is 3.31. The third kappa shape index (κ3) is 3.60. The highest BCUT2D eigenvalue weighted by Crippen LogP contribution is 2.17. The van der Waals surface area contributed by atoms with Crippen molar-refractivity contribution in [3.05, 3.63) is 65.2 Å². The van der Waals surface area contributed by atoms with Crippen molar-refractivity contribution in [2.75, 3.05) is 5.32 Å². The van der Waals surface area contributed by atoms with Crippen molar-refractivity contribution in [3.8, 4) is 0 Å². The van der Waals surface area contributed by atoms with Crippen LogP contribution < -0.4 is 11.1 Å². The number of rotatable bonds is 5. The Kier molecular flexibility index (Phi) is 4.41. The van der Waals surface area contributed by atoms with Crippen LogP contribution in [0.4, 0.5) is 5.69 Å². The Morgan fingerprint density at radius 3 is 2.15 bits per heavy atom. The van der Waals surface area contributed by atoms with Crippen LogP contribution in [0.2, 0.25) is 0 Å². The topological polar surface area (TPSA) is 55.1 Å². The maximum atomic E-state index is 11.0. The van der Waals surface area contributed by atoms with Gasteiger partial charge in [-0.25, -0.2) is 0 Å². The van der Waals surface area contributed by atoms with Crippen LogP contribution in [0.25, 0.3) is 0 Å². The number of amides is 1. The van der Waals surface area contributed by atoms with Crippen molar-refractivity contribution in [1.82, 2.24) is 0 Å². The van der Waals surface area contributed by atoms with Crippen LogP contribution in [0.3, 0.4) is 0 Å². The quantitative estimate of drug-likeness (QED) is 0.871. The van der Waals surface area contributed by atoms with Crippen LogP contribution in [0, 0.1) is 0 Å². The van der Waals surface area contributed by atoms with E-state index in [-0.39, 0.29) is 0 Å². The molecule has 0 unspecified atom stereocenters. The average Bonchev–Trinajstić information content (AvgIpc) is 2.46. The fraction of sp³-hybridized carbons (Fsp3) is 0.235. The van der Waals surface area contributed by atoms with Gasteiger partial charge in [-0.1, -0.05) is 38.1 Å². The summed E-state index contributed by atoms with van der Waals surface area (Å²) in [6.07, 6.45) is 0. The molecule has 0 spiro atoms. The Hall–Kier alpha value is -2.29. The molecule has 0 aromatic heterocycles. The van der Waals surface area contributed by atoms with E-state index in [9.17, 15) is 4.79 Å². The van der Waals surface area contributed by atoms with Gasteiger partial charge in [0.15, 0.2) is 0 Å². The molecule has 0 saturated heterocycles. The number of anilines is 1. The van der Waals surface area contributed by atoms with E-state index in [0.29, 0.717) is 11.5 Å². The summed E-state index contributed by atoms with van der Waals surface area (Å²) in [6, 6.07) is 15.8. The summed E-state index contributed by atoms with van der Waals surface area (Å²) in [4.78, 5) is 11.0. The van der Waals surface area contributed by atoms with E-state index in [1.165, 1.54) is 5.56 Å². The molecule has 0 fully saturated rings. The van der Waals surface area contributed by atoms with E-state index in [0.717, 1.165) is 17.8 Å². The van der Waals surface area contributed by atoms with E-state index < -0.39 is 5.91 Å². The first-order chi connectivity index (χ1) is 9.56. The molecule has 3 heteroatoms. The van der Waals surface area contributed by atoms with Gasteiger partial charge in [-0.3, -0.25) is 4.79 Å². The lowest BCUT2D eigenvalue weighted by atomic mass is 10.0. The molecule has 0 saturated carbocycles. The number of hydrogen-bond donors (Lipinski definition) is 2. The molecule has 0 aliphatic carbocycles. The van der Waals surface area contributed by atoms with Gasteiger partial charge >= 0.3 is 0 Å². The van der Waals surface area contributed by atoms with Gasteiger partial charge in [-0.2, -0.15) is 0 Å². The van der Waals surface area contributed by atoms with Gasteiger partial charge < -0.3 is 11.1 Å². The van der Waals surface area contributed by atoms with Crippen LogP contribution in [0.15, 0.2) is 48.5 Å². The lowest BCUT2D eigenvalue weighted by Crippen LogP contribution is -2.10. The molecule has 2 rings (SSSR count). The Balaban J connectivity index is 1.96. The average molecular weight is 268 g/mol. The lowest BCUT2D eigenvalue weighted by molar-refractivity contribution is 0.100. The molecule has 0 bridgehead atoms. The van der Waals surface area contributed by atoms with Crippen molar-refractivity contribution in [3.63, 3.8) is 0 Å². The molecular formula is C17H20N2O. The zero-order chi connectivity index (χ0) is 14.5. The predicted molar refractivity (Wildman–Crippen MR) is 82.8 cm³/mol. The van der Waals surface area contributed by atoms with Crippen LogP contribution in [-0.4, -0.2) is 5.91 Å². The van der Waals surface area contributed by atoms with Gasteiger partial charge in [0.25, 0.3) is 0 Å². The number of benzene rings is 2. The lowest BCUT2D eigenvalue weighted by Gasteiger charge is -2.09. The molecular weight excluding hydrogens is 248 g/mol. The summed E-state index contributed by atoms with van der Waals surface area (Å²) in [6.45, 7) is 5.09. The zero-order valence-corrected chi connectivity index (χ0v) is 11.9. The van der Waals surface area contributed by atoms with Crippen molar-refractivity contribution in [2.24, 2.45) is 5.73 Å². The highest BCUT2D eigenvalue weighted by atomic mass is 16.1. The Bertz CT molecular complexity index is 571. The van der Waals surface area contributed by atoms with Gasteiger partial charge in [0, 0.05) is 17.8 Å². The second-order valence-electron chi connectivity index (χ2n) is 5.19. The molecule has 20 heavy (non-hydrogen) atoms. The van der Waals surface area contributed by atoms with Gasteiger partial charge in [0.2, 0.25) is 5.91 Å². The fourth-order valence-electron chi connectivity index (χ4n) is 1.98. The smallest absolute Gasteiger partial charge is 0.248 e. The molecule has 0 aliphatic heterocycles. The van der Waals surface area contributed by atoms with E-state index in [4.69, 9.17) is 5.73 Å². The minimum absolute atomic E-state index is 0.395. The van der Waals surface area contributed by atoms with Gasteiger partial charge in [-0.05, 0) is 41.3 Å². The molecule has 2 aromatic carbocycles. The molecule has 1 amide bonds. The number of hydrogen-bond acceptors (Lipinski definition) is 2. The number of nitrogens with two attached hydrogens (primary N) is 1. The largest absolute Gasteiger partial charge is 0.381 e. The molecule has 0 radical (unpaired) electrons. The SMILES string of the molecule is CC(C)c1ccc(NCc2ccc(C(N)=O)cc2)cc1. The number of carbonyl (C=O) groups excluding carboxylic acids is 1. The summed E-state index contributed by atoms with van der Waals surface area (Å²) >= 11 is 0. The molecule has 0 heterocycles. The summed E-state index contributed by atoms with van der Waals surface area (Å²) < 4.78 is 0. The summed E-state index contributed by atoms with van der Waals surface area (Å²) in [7, 11) is 0. The maximum Gasteiger partial charge on any atom is 0.248 e. The zero-order valence-electron chi connectivity index (χ0n) is 11.9. The maximum absolute atomic E-state index is 11.0. The second kappa shape index (κ2) is 6.24. The summed E-state index contributed by atoms with van der Waals surface area (Å²) in [5.41, 5.74) is 9.29. The monoisotopic (exact) mass is 268 g/mol. The van der Waals surface area contributed by atoms with Crippen LogP contribution >= 0.6 is 0 Å². The van der Waals surface area contributed by atoms with E-state index >= 15 is 0 Å². The van der Waals surface area contributed by atoms with Gasteiger partial charge in [0.05, 0.1) is 0 Å². The summed E-state index contributed by atoms with van der Waals surface area (Å²) in [5.74, 6) is 0.152. The van der Waals surface area contributed by atoms with Gasteiger partial charge in [-0.15, -0.1) is 0 Å². The van der Waals surface area contributed by atoms with Crippen LogP contribution in [-0.2, 0) is 6.54 Å². The first kappa shape index (κ1) is 14.1. The Labute approximate surface area is 119 Å². The molecule has 3 N–H and O–H groups in total. The Morgan fingerprint density at radius 2 is 1.65 bits per heavy atom. The first-order valence-electron chi connectivity index (χ1n) is 6.79. The fourth-order valence-corrected chi connectivity index (χ4v) is 1.98. The number of carbonyl (C=O) groups is 1. The highest BCUT2D eigenvalue weighted by molar-refractivity contribution is 5.92. The van der Waals surface area contributed by atoms with Crippen molar-refractivity contribution in [1.29, 1.82) is 0 Å². The number of nitrogens with one attached hydrogen (secondary N) is 1. The van der Waals surface area contributed by atoms with Crippen LogP contribution in [0.5, 0.6) is 0 Å². The number of primary amides is 1. The highest BCUT2D eigenvalue weighted by Gasteiger charge is 2.01. The van der Waals surface area contributed by atoms with E-state index in [1.54, 1.807) is 12.1 Å². The molecule has 2 aromatic rings. The molecule has 3 nitrogen and oxygen atoms in total. The van der Waals surface area contributed by atoms with Crippen molar-refractivity contribution >= 4 is 11.6 Å². The van der Waals surface area contributed by atoms with Crippen LogP contribution in [0.1, 0.15) is 41.3 Å². The first-order valence-corrected chi connectivity index (χ1v) is 6.79. The molecule has 104 valence electrons. The van der Waals surface area contributed by atoms with Gasteiger partial charge in [0.1, 0.15) is 0 Å². The standard InChI is InChI=1S/C17H20N2O/c1-12(2)14-7-9-16(10-8-14)19-11-13-3-5-15(6-4-13)17(18)20/h3-10,12,19H,11H2,1-2H3,(H2,18,20). The minimum Gasteiger partial charge on any atom is -0.381 e. The summed E-state index contributed by atoms with van der Waals surface area (Å²) in [5, 5.41) is 3.36. The Morgan fingerprint density at radius 1 is 1.05 bits per heavy atom. The minimum atomic E-state index is -0.395. The van der Waals surface area contributed by atoms with E-state index in [2.05, 4.69) is 43.4 Å². The molecule has 0 aliphatic rings. The molecule has 0 atom stereocenters. The normalized spacial score (nSPS) is 10.6. The van der Waals surface area contributed by atoms with Crippen molar-refractivity contribution < 1.29 is 4.79 Å². The third-order valence-corrected chi connectivity index (χ3v) is 3.31. The predicted octanol–water partition coefficient (Wildman–Crippen LogP) is 3.52. The van der Waals surface area contributed by atoms with E-state index in [1.807, 2.05) is 12.1 Å².